The molecule has 1 saturated heterocycles. The second kappa shape index (κ2) is 6.56. The standard InChI is InChI=1S/C8H20O2P4S/c1-2-3-4-8-7(14(12)13-11)5-6-15(8,9)10/h7-8,13H,2-6,11-12H2,1H3/t7-,8-,14?/m1/s1. The predicted octanol–water partition coefficient (Wildman–Crippen LogP) is 3.39. The maximum absolute atomic E-state index is 11.9. The van der Waals surface area contributed by atoms with E-state index in [2.05, 4.69) is 24.8 Å². The third-order valence-electron chi connectivity index (χ3n) is 2.94. The maximum atomic E-state index is 11.9. The van der Waals surface area contributed by atoms with Crippen LogP contribution in [0.25, 0.3) is 0 Å². The van der Waals surface area contributed by atoms with Crippen LogP contribution in [0.5, 0.6) is 0 Å². The lowest BCUT2D eigenvalue weighted by Gasteiger charge is -2.23. The highest BCUT2D eigenvalue weighted by atomic mass is 32.6. The van der Waals surface area contributed by atoms with Gasteiger partial charge in [0.05, 0.1) is 11.0 Å². The van der Waals surface area contributed by atoms with Crippen molar-refractivity contribution in [2.75, 3.05) is 5.75 Å². The highest BCUT2D eigenvalue weighted by Crippen LogP contribution is 2.71. The molecule has 2 nitrogen and oxygen atoms in total. The van der Waals surface area contributed by atoms with Crippen LogP contribution in [0.4, 0.5) is 0 Å². The van der Waals surface area contributed by atoms with E-state index >= 15 is 0 Å². The van der Waals surface area contributed by atoms with Crippen LogP contribution in [0.1, 0.15) is 32.6 Å². The average Bonchev–Trinajstić information content (AvgIpc) is 2.50. The van der Waals surface area contributed by atoms with Crippen LogP contribution >= 0.6 is 33.1 Å². The second-order valence-electron chi connectivity index (χ2n) is 3.94. The lowest BCUT2D eigenvalue weighted by atomic mass is 10.1. The molecule has 4 unspecified atom stereocenters. The molecule has 0 aromatic heterocycles. The minimum absolute atomic E-state index is 0.0332. The predicted molar refractivity (Wildman–Crippen MR) is 80.2 cm³/mol. The molecule has 7 heteroatoms. The zero-order valence-electron chi connectivity index (χ0n) is 9.02. The number of hydrogen-bond acceptors (Lipinski definition) is 2. The van der Waals surface area contributed by atoms with Crippen LogP contribution in [0.15, 0.2) is 0 Å². The van der Waals surface area contributed by atoms with Crippen molar-refractivity contribution in [3.05, 3.63) is 0 Å². The SMILES string of the molecule is CCCC[C@@H]1[C@H](P(P)PP)CCS1(=O)=O. The molecule has 0 aromatic carbocycles. The average molecular weight is 304 g/mol. The minimum atomic E-state index is -2.77. The summed E-state index contributed by atoms with van der Waals surface area (Å²) in [5.74, 6) is 0.425. The summed E-state index contributed by atoms with van der Waals surface area (Å²) in [7, 11) is 3.54. The van der Waals surface area contributed by atoms with Gasteiger partial charge in [0.1, 0.15) is 0 Å². The van der Waals surface area contributed by atoms with Crippen molar-refractivity contribution in [2.45, 2.75) is 43.5 Å². The molecule has 0 bridgehead atoms. The Morgan fingerprint density at radius 1 is 1.53 bits per heavy atom. The van der Waals surface area contributed by atoms with Crippen LogP contribution in [0, 0.1) is 0 Å². The van der Waals surface area contributed by atoms with Gasteiger partial charge in [-0.25, -0.2) is 8.42 Å². The number of rotatable bonds is 5. The van der Waals surface area contributed by atoms with Gasteiger partial charge >= 0.3 is 0 Å². The Morgan fingerprint density at radius 2 is 2.20 bits per heavy atom. The minimum Gasteiger partial charge on any atom is -0.229 e. The molecular weight excluding hydrogens is 284 g/mol. The van der Waals surface area contributed by atoms with Crippen LogP contribution < -0.4 is 0 Å². The molecule has 0 N–H and O–H groups in total. The van der Waals surface area contributed by atoms with E-state index in [0.717, 1.165) is 33.6 Å². The molecule has 6 atom stereocenters. The van der Waals surface area contributed by atoms with Gasteiger partial charge in [0, 0.05) is 5.66 Å². The van der Waals surface area contributed by atoms with Crippen molar-refractivity contribution >= 4 is 43.0 Å². The van der Waals surface area contributed by atoms with Gasteiger partial charge in [0.2, 0.25) is 0 Å². The normalized spacial score (nSPS) is 32.5. The first-order valence-electron chi connectivity index (χ1n) is 5.24. The van der Waals surface area contributed by atoms with Crippen LogP contribution in [-0.4, -0.2) is 25.1 Å². The molecule has 0 spiro atoms. The van der Waals surface area contributed by atoms with Crippen molar-refractivity contribution < 1.29 is 8.42 Å². The Bertz CT molecular complexity index is 293. The first-order chi connectivity index (χ1) is 7.03. The Kier molecular flexibility index (Phi) is 6.44. The summed E-state index contributed by atoms with van der Waals surface area (Å²) >= 11 is 0. The number of sulfone groups is 1. The van der Waals surface area contributed by atoms with Gasteiger partial charge < -0.3 is 0 Å². The molecule has 15 heavy (non-hydrogen) atoms. The molecule has 1 aliphatic heterocycles. The third-order valence-corrected chi connectivity index (χ3v) is 16.8. The Morgan fingerprint density at radius 3 is 2.73 bits per heavy atom. The second-order valence-corrected chi connectivity index (χ2v) is 15.9. The molecule has 1 fully saturated rings. The van der Waals surface area contributed by atoms with Gasteiger partial charge in [-0.2, -0.15) is 0 Å². The fourth-order valence-corrected chi connectivity index (χ4v) is 11.3. The molecule has 0 aromatic rings. The zero-order valence-corrected chi connectivity index (χ0v) is 14.0. The van der Waals surface area contributed by atoms with Crippen LogP contribution in [0.2, 0.25) is 0 Å². The highest BCUT2D eigenvalue weighted by Gasteiger charge is 2.41. The molecule has 90 valence electrons. The van der Waals surface area contributed by atoms with E-state index in [-0.39, 0.29) is 12.5 Å². The summed E-state index contributed by atoms with van der Waals surface area (Å²) in [5, 5.41) is -0.0332. The van der Waals surface area contributed by atoms with Crippen LogP contribution in [0.3, 0.4) is 0 Å². The summed E-state index contributed by atoms with van der Waals surface area (Å²) in [5.41, 5.74) is 0.442. The van der Waals surface area contributed by atoms with Gasteiger partial charge in [0.25, 0.3) is 0 Å². The fourth-order valence-electron chi connectivity index (χ4n) is 2.05. The summed E-state index contributed by atoms with van der Waals surface area (Å²) in [6.07, 6.45) is 3.92. The first-order valence-corrected chi connectivity index (χ1v) is 13.6. The van der Waals surface area contributed by atoms with Gasteiger partial charge in [0.15, 0.2) is 9.84 Å². The number of hydrogen-bond donors (Lipinski definition) is 0. The van der Waals surface area contributed by atoms with Gasteiger partial charge in [-0.05, 0) is 12.8 Å². The quantitative estimate of drug-likeness (QED) is 0.730. The molecule has 1 aliphatic rings. The van der Waals surface area contributed by atoms with E-state index < -0.39 is 9.84 Å². The number of unbranched alkanes of at least 4 members (excludes halogenated alkanes) is 1. The Hall–Kier alpha value is 1.67. The molecule has 0 radical (unpaired) electrons. The zero-order chi connectivity index (χ0) is 11.5. The first kappa shape index (κ1) is 14.7. The summed E-state index contributed by atoms with van der Waals surface area (Å²) in [6, 6.07) is 0. The van der Waals surface area contributed by atoms with E-state index in [1.165, 1.54) is 0 Å². The highest BCUT2D eigenvalue weighted by molar-refractivity contribution is 8.61. The molecule has 0 saturated carbocycles. The van der Waals surface area contributed by atoms with E-state index in [4.69, 9.17) is 0 Å². The van der Waals surface area contributed by atoms with Crippen molar-refractivity contribution in [3.63, 3.8) is 0 Å². The van der Waals surface area contributed by atoms with Crippen molar-refractivity contribution in [1.29, 1.82) is 0 Å². The van der Waals surface area contributed by atoms with E-state index in [1.54, 1.807) is 0 Å². The monoisotopic (exact) mass is 304 g/mol. The van der Waals surface area contributed by atoms with E-state index in [9.17, 15) is 8.42 Å². The van der Waals surface area contributed by atoms with Crippen molar-refractivity contribution in [2.24, 2.45) is 0 Å². The Labute approximate surface area is 101 Å². The largest absolute Gasteiger partial charge is 0.229 e. The fraction of sp³-hybridized carbons (Fsp3) is 1.00. The summed E-state index contributed by atoms with van der Waals surface area (Å²) < 4.78 is 23.8. The lowest BCUT2D eigenvalue weighted by molar-refractivity contribution is 0.576. The van der Waals surface area contributed by atoms with E-state index in [1.807, 2.05) is 0 Å². The van der Waals surface area contributed by atoms with Gasteiger partial charge in [-0.1, -0.05) is 35.0 Å². The summed E-state index contributed by atoms with van der Waals surface area (Å²) in [4.78, 5) is 0. The van der Waals surface area contributed by atoms with Crippen LogP contribution in [-0.2, 0) is 9.84 Å². The molecule has 1 rings (SSSR count). The molecular formula is C8H20O2P4S. The van der Waals surface area contributed by atoms with Crippen molar-refractivity contribution in [1.82, 2.24) is 0 Å². The molecule has 0 aliphatic carbocycles. The topological polar surface area (TPSA) is 34.1 Å². The maximum Gasteiger partial charge on any atom is 0.153 e. The van der Waals surface area contributed by atoms with Gasteiger partial charge in [-0.15, -0.1) is 17.9 Å². The smallest absolute Gasteiger partial charge is 0.153 e. The molecule has 1 heterocycles. The summed E-state index contributed by atoms with van der Waals surface area (Å²) in [6.45, 7) is 2.12. The van der Waals surface area contributed by atoms with Gasteiger partial charge in [-0.3, -0.25) is 0 Å². The Balaban J connectivity index is 2.72. The third kappa shape index (κ3) is 3.82. The molecule has 0 amide bonds. The van der Waals surface area contributed by atoms with E-state index in [0.29, 0.717) is 11.4 Å². The lowest BCUT2D eigenvalue weighted by Crippen LogP contribution is -2.23. The van der Waals surface area contributed by atoms with Crippen molar-refractivity contribution in [3.8, 4) is 0 Å².